The van der Waals surface area contributed by atoms with Gasteiger partial charge in [-0.15, -0.1) is 0 Å². The molecule has 3 rings (SSSR count). The summed E-state index contributed by atoms with van der Waals surface area (Å²) >= 11 is 0. The Hall–Kier alpha value is -2.08. The highest BCUT2D eigenvalue weighted by Crippen LogP contribution is 2.39. The summed E-state index contributed by atoms with van der Waals surface area (Å²) in [7, 11) is 0. The van der Waals surface area contributed by atoms with Crippen molar-refractivity contribution < 1.29 is 27.0 Å². The molecule has 0 heterocycles. The number of ether oxygens (including phenoxy) is 2. The van der Waals surface area contributed by atoms with Crippen LogP contribution >= 0.6 is 0 Å². The summed E-state index contributed by atoms with van der Waals surface area (Å²) in [4.78, 5) is 0. The molecule has 1 aliphatic rings. The quantitative estimate of drug-likeness (QED) is 0.368. The summed E-state index contributed by atoms with van der Waals surface area (Å²) in [6.45, 7) is 0.781. The molecular weight excluding hydrogens is 408 g/mol. The summed E-state index contributed by atoms with van der Waals surface area (Å²) in [6.07, 6.45) is 2.73. The molecule has 0 saturated heterocycles. The van der Waals surface area contributed by atoms with Crippen molar-refractivity contribution in [2.45, 2.75) is 77.1 Å². The topological polar surface area (TPSA) is 18.5 Å². The molecule has 0 aromatic heterocycles. The Balaban J connectivity index is 1.60. The van der Waals surface area contributed by atoms with E-state index in [1.807, 2.05) is 0 Å². The van der Waals surface area contributed by atoms with Gasteiger partial charge in [-0.25, -0.2) is 0 Å². The SMILES string of the molecule is CCCC1CCC(c2ccc(C(F)(F)OC(C)c3ccc(OC(F)F)cc3)cc2)CC1. The van der Waals surface area contributed by atoms with Crippen molar-refractivity contribution in [1.29, 1.82) is 0 Å². The lowest BCUT2D eigenvalue weighted by molar-refractivity contribution is -0.272. The highest BCUT2D eigenvalue weighted by Gasteiger charge is 2.35. The number of hydrogen-bond donors (Lipinski definition) is 0. The van der Waals surface area contributed by atoms with Gasteiger partial charge in [0, 0.05) is 0 Å². The summed E-state index contributed by atoms with van der Waals surface area (Å²) in [5.74, 6) is 1.21. The van der Waals surface area contributed by atoms with Crippen molar-refractivity contribution >= 4 is 0 Å². The Morgan fingerprint density at radius 3 is 2.10 bits per heavy atom. The lowest BCUT2D eigenvalue weighted by Gasteiger charge is -2.29. The van der Waals surface area contributed by atoms with Gasteiger partial charge in [0.05, 0.1) is 11.7 Å². The number of alkyl halides is 4. The molecule has 0 aliphatic heterocycles. The van der Waals surface area contributed by atoms with Crippen LogP contribution < -0.4 is 4.74 Å². The lowest BCUT2D eigenvalue weighted by Crippen LogP contribution is -2.20. The third-order valence-electron chi connectivity index (χ3n) is 6.16. The van der Waals surface area contributed by atoms with Gasteiger partial charge in [0.15, 0.2) is 0 Å². The van der Waals surface area contributed by atoms with Crippen LogP contribution in [0.1, 0.15) is 81.1 Å². The van der Waals surface area contributed by atoms with Gasteiger partial charge in [0.25, 0.3) is 0 Å². The summed E-state index contributed by atoms with van der Waals surface area (Å²) in [5, 5.41) is 0. The second kappa shape index (κ2) is 10.5. The van der Waals surface area contributed by atoms with Crippen LogP contribution in [0.4, 0.5) is 17.6 Å². The largest absolute Gasteiger partial charge is 0.435 e. The number of halogens is 4. The van der Waals surface area contributed by atoms with Gasteiger partial charge >= 0.3 is 12.7 Å². The van der Waals surface area contributed by atoms with Crippen LogP contribution in [-0.4, -0.2) is 6.61 Å². The summed E-state index contributed by atoms with van der Waals surface area (Å²) in [6, 6.07) is 12.0. The second-order valence-electron chi connectivity index (χ2n) is 8.35. The van der Waals surface area contributed by atoms with Crippen LogP contribution in [-0.2, 0) is 10.8 Å². The van der Waals surface area contributed by atoms with E-state index in [1.54, 1.807) is 12.1 Å². The van der Waals surface area contributed by atoms with E-state index in [0.29, 0.717) is 11.5 Å². The van der Waals surface area contributed by atoms with Gasteiger partial charge in [0.1, 0.15) is 5.75 Å². The Bertz CT molecular complexity index is 797. The third kappa shape index (κ3) is 6.45. The molecule has 0 N–H and O–H groups in total. The minimum atomic E-state index is -3.46. The van der Waals surface area contributed by atoms with Gasteiger partial charge < -0.3 is 9.47 Å². The maximum atomic E-state index is 14.7. The van der Waals surface area contributed by atoms with E-state index >= 15 is 0 Å². The minimum absolute atomic E-state index is 0.0305. The maximum Gasteiger partial charge on any atom is 0.387 e. The molecule has 0 amide bonds. The van der Waals surface area contributed by atoms with Crippen molar-refractivity contribution in [3.8, 4) is 5.75 Å². The molecule has 1 saturated carbocycles. The summed E-state index contributed by atoms with van der Waals surface area (Å²) in [5.41, 5.74) is 1.36. The van der Waals surface area contributed by atoms with E-state index in [1.165, 1.54) is 69.0 Å². The molecule has 2 nitrogen and oxygen atoms in total. The average molecular weight is 439 g/mol. The van der Waals surface area contributed by atoms with Crippen LogP contribution in [0.15, 0.2) is 48.5 Å². The number of benzene rings is 2. The fourth-order valence-corrected chi connectivity index (χ4v) is 4.42. The van der Waals surface area contributed by atoms with Crippen molar-refractivity contribution in [3.63, 3.8) is 0 Å². The predicted molar refractivity (Wildman–Crippen MR) is 113 cm³/mol. The third-order valence-corrected chi connectivity index (χ3v) is 6.16. The highest BCUT2D eigenvalue weighted by atomic mass is 19.3. The smallest absolute Gasteiger partial charge is 0.387 e. The Kier molecular flexibility index (Phi) is 7.98. The first-order valence-corrected chi connectivity index (χ1v) is 11.0. The predicted octanol–water partition coefficient (Wildman–Crippen LogP) is 8.19. The standard InChI is InChI=1S/C25H30F4O2/c1-3-4-18-5-7-20(8-6-18)21-9-13-22(14-10-21)25(28,29)31-17(2)19-11-15-23(16-12-19)30-24(26)27/h9-18,20,24H,3-8H2,1-2H3. The minimum Gasteiger partial charge on any atom is -0.435 e. The van der Waals surface area contributed by atoms with Gasteiger partial charge in [0.2, 0.25) is 0 Å². The zero-order valence-electron chi connectivity index (χ0n) is 18.0. The Labute approximate surface area is 181 Å². The first-order chi connectivity index (χ1) is 14.8. The molecule has 2 aromatic carbocycles. The van der Waals surface area contributed by atoms with E-state index in [-0.39, 0.29) is 11.3 Å². The molecular formula is C25H30F4O2. The molecule has 0 spiro atoms. The van der Waals surface area contributed by atoms with Crippen LogP contribution in [0.25, 0.3) is 0 Å². The molecule has 6 heteroatoms. The van der Waals surface area contributed by atoms with Crippen molar-refractivity contribution in [3.05, 3.63) is 65.2 Å². The fourth-order valence-electron chi connectivity index (χ4n) is 4.42. The maximum absolute atomic E-state index is 14.7. The van der Waals surface area contributed by atoms with Crippen LogP contribution in [0.3, 0.4) is 0 Å². The first kappa shape index (κ1) is 23.6. The summed E-state index contributed by atoms with van der Waals surface area (Å²) < 4.78 is 63.2. The molecule has 170 valence electrons. The number of hydrogen-bond acceptors (Lipinski definition) is 2. The molecule has 0 bridgehead atoms. The fraction of sp³-hybridized carbons (Fsp3) is 0.520. The van der Waals surface area contributed by atoms with Crippen molar-refractivity contribution in [1.82, 2.24) is 0 Å². The van der Waals surface area contributed by atoms with Gasteiger partial charge in [-0.05, 0) is 67.7 Å². The van der Waals surface area contributed by atoms with Crippen LogP contribution in [0, 0.1) is 5.92 Å². The van der Waals surface area contributed by atoms with E-state index in [0.717, 1.165) is 24.3 Å². The van der Waals surface area contributed by atoms with Crippen LogP contribution in [0.2, 0.25) is 0 Å². The zero-order valence-corrected chi connectivity index (χ0v) is 18.0. The van der Waals surface area contributed by atoms with E-state index in [2.05, 4.69) is 11.7 Å². The molecule has 2 aromatic rings. The second-order valence-corrected chi connectivity index (χ2v) is 8.35. The molecule has 1 unspecified atom stereocenters. The Morgan fingerprint density at radius 2 is 1.55 bits per heavy atom. The molecule has 1 fully saturated rings. The zero-order chi connectivity index (χ0) is 22.4. The lowest BCUT2D eigenvalue weighted by atomic mass is 9.77. The molecule has 1 aliphatic carbocycles. The average Bonchev–Trinajstić information content (AvgIpc) is 2.74. The Morgan fingerprint density at radius 1 is 0.935 bits per heavy atom. The molecule has 31 heavy (non-hydrogen) atoms. The van der Waals surface area contributed by atoms with E-state index < -0.39 is 18.8 Å². The van der Waals surface area contributed by atoms with Gasteiger partial charge in [-0.3, -0.25) is 0 Å². The highest BCUT2D eigenvalue weighted by molar-refractivity contribution is 5.30. The first-order valence-electron chi connectivity index (χ1n) is 11.0. The normalized spacial score (nSPS) is 20.6. The molecule has 0 radical (unpaired) electrons. The van der Waals surface area contributed by atoms with Gasteiger partial charge in [-0.2, -0.15) is 17.6 Å². The monoisotopic (exact) mass is 438 g/mol. The van der Waals surface area contributed by atoms with Crippen molar-refractivity contribution in [2.24, 2.45) is 5.92 Å². The van der Waals surface area contributed by atoms with E-state index in [9.17, 15) is 17.6 Å². The van der Waals surface area contributed by atoms with E-state index in [4.69, 9.17) is 4.74 Å². The number of rotatable bonds is 9. The molecule has 1 atom stereocenters. The van der Waals surface area contributed by atoms with Crippen molar-refractivity contribution in [2.75, 3.05) is 0 Å². The van der Waals surface area contributed by atoms with Crippen LogP contribution in [0.5, 0.6) is 5.75 Å². The van der Waals surface area contributed by atoms with Gasteiger partial charge in [-0.1, -0.05) is 56.2 Å².